The lowest BCUT2D eigenvalue weighted by atomic mass is 10.0. The van der Waals surface area contributed by atoms with Gasteiger partial charge in [0.05, 0.1) is 0 Å². The fourth-order valence-electron chi connectivity index (χ4n) is 4.01. The minimum absolute atomic E-state index is 0.648. The molecule has 2 saturated heterocycles. The fraction of sp³-hybridized carbons (Fsp3) is 0.400. The molecule has 0 radical (unpaired) electrons. The average Bonchev–Trinajstić information content (AvgIpc) is 3.02. The van der Waals surface area contributed by atoms with E-state index in [2.05, 4.69) is 41.3 Å². The summed E-state index contributed by atoms with van der Waals surface area (Å²) in [5, 5.41) is 0.794. The minimum atomic E-state index is 0.648. The summed E-state index contributed by atoms with van der Waals surface area (Å²) in [7, 11) is 0. The molecule has 0 bridgehead atoms. The van der Waals surface area contributed by atoms with Crippen LogP contribution in [0.4, 0.5) is 0 Å². The fourth-order valence-corrected chi connectivity index (χ4v) is 4.96. The Morgan fingerprint density at radius 3 is 2.26 bits per heavy atom. The third-order valence-electron chi connectivity index (χ3n) is 5.16. The highest BCUT2D eigenvalue weighted by Gasteiger charge is 2.35. The van der Waals surface area contributed by atoms with Crippen LogP contribution in [0.1, 0.15) is 43.7 Å². The van der Waals surface area contributed by atoms with E-state index in [9.17, 15) is 0 Å². The number of nitrogens with zero attached hydrogens (tertiary/aromatic N) is 1. The maximum Gasteiger partial charge on any atom is 0.0406 e. The quantitative estimate of drug-likeness (QED) is 0.654. The molecule has 0 amide bonds. The number of halogens is 1. The largest absolute Gasteiger partial charge is 0.293 e. The van der Waals surface area contributed by atoms with Gasteiger partial charge in [-0.15, -0.1) is 0 Å². The molecule has 0 spiro atoms. The van der Waals surface area contributed by atoms with Gasteiger partial charge in [0.2, 0.25) is 0 Å². The van der Waals surface area contributed by atoms with Crippen molar-refractivity contribution in [2.24, 2.45) is 0 Å². The summed E-state index contributed by atoms with van der Waals surface area (Å²) >= 11 is 7.75. The van der Waals surface area contributed by atoms with E-state index in [1.807, 2.05) is 12.1 Å². The van der Waals surface area contributed by atoms with Crippen molar-refractivity contribution in [1.29, 1.82) is 0 Å². The molecule has 2 heterocycles. The zero-order valence-electron chi connectivity index (χ0n) is 13.2. The van der Waals surface area contributed by atoms with Gasteiger partial charge in [0.1, 0.15) is 0 Å². The highest BCUT2D eigenvalue weighted by molar-refractivity contribution is 7.99. The van der Waals surface area contributed by atoms with Crippen LogP contribution in [0.25, 0.3) is 0 Å². The highest BCUT2D eigenvalue weighted by atomic mass is 35.5. The van der Waals surface area contributed by atoms with Gasteiger partial charge in [0.25, 0.3) is 0 Å². The maximum absolute atomic E-state index is 5.95. The Kier molecular flexibility index (Phi) is 4.66. The van der Waals surface area contributed by atoms with Crippen molar-refractivity contribution in [3.63, 3.8) is 0 Å². The maximum atomic E-state index is 5.95. The van der Waals surface area contributed by atoms with Gasteiger partial charge in [-0.2, -0.15) is 0 Å². The van der Waals surface area contributed by atoms with E-state index in [1.54, 1.807) is 11.8 Å². The number of hydrogen-bond acceptors (Lipinski definition) is 2. The predicted molar refractivity (Wildman–Crippen MR) is 98.3 cm³/mol. The number of benzene rings is 2. The molecule has 0 saturated carbocycles. The third-order valence-corrected chi connectivity index (χ3v) is 6.43. The molecular formula is C20H22ClNS. The Hall–Kier alpha value is -0.960. The van der Waals surface area contributed by atoms with Gasteiger partial charge in [0, 0.05) is 26.9 Å². The van der Waals surface area contributed by atoms with Crippen LogP contribution in [0.15, 0.2) is 58.3 Å². The molecule has 2 aliphatic rings. The molecule has 3 heteroatoms. The van der Waals surface area contributed by atoms with Crippen LogP contribution in [0, 0.1) is 0 Å². The first kappa shape index (κ1) is 15.6. The number of fused-ring (bicyclic) bond motifs is 1. The Morgan fingerprint density at radius 1 is 0.826 bits per heavy atom. The second-order valence-electron chi connectivity index (χ2n) is 6.61. The Bertz CT molecular complexity index is 652. The van der Waals surface area contributed by atoms with Crippen molar-refractivity contribution in [2.45, 2.75) is 54.0 Å². The monoisotopic (exact) mass is 343 g/mol. The van der Waals surface area contributed by atoms with Crippen LogP contribution >= 0.6 is 23.4 Å². The van der Waals surface area contributed by atoms with Crippen molar-refractivity contribution in [3.8, 4) is 0 Å². The molecule has 2 aromatic rings. The SMILES string of the molecule is Clc1ccc(Sc2ccc(C3CCC4CCCCN43)cc2)cc1. The van der Waals surface area contributed by atoms with Gasteiger partial charge >= 0.3 is 0 Å². The minimum Gasteiger partial charge on any atom is -0.293 e. The molecular weight excluding hydrogens is 322 g/mol. The second-order valence-corrected chi connectivity index (χ2v) is 8.19. The average molecular weight is 344 g/mol. The standard InChI is InChI=1S/C20H22ClNS/c21-16-6-11-19(12-7-16)23-18-9-4-15(5-10-18)20-13-8-17-3-1-2-14-22(17)20/h4-7,9-12,17,20H,1-3,8,13-14H2. The van der Waals surface area contributed by atoms with Crippen LogP contribution in [0.2, 0.25) is 5.02 Å². The molecule has 23 heavy (non-hydrogen) atoms. The molecule has 2 fully saturated rings. The molecule has 2 aromatic carbocycles. The van der Waals surface area contributed by atoms with Crippen LogP contribution in [-0.4, -0.2) is 17.5 Å². The van der Waals surface area contributed by atoms with E-state index < -0.39 is 0 Å². The van der Waals surface area contributed by atoms with E-state index in [4.69, 9.17) is 11.6 Å². The topological polar surface area (TPSA) is 3.24 Å². The van der Waals surface area contributed by atoms with Gasteiger partial charge in [-0.1, -0.05) is 41.9 Å². The smallest absolute Gasteiger partial charge is 0.0406 e. The van der Waals surface area contributed by atoms with Crippen LogP contribution in [-0.2, 0) is 0 Å². The van der Waals surface area contributed by atoms with Crippen molar-refractivity contribution in [3.05, 3.63) is 59.1 Å². The van der Waals surface area contributed by atoms with Crippen LogP contribution in [0.5, 0.6) is 0 Å². The first-order chi connectivity index (χ1) is 11.3. The van der Waals surface area contributed by atoms with Crippen molar-refractivity contribution < 1.29 is 0 Å². The lowest BCUT2D eigenvalue weighted by Crippen LogP contribution is -2.35. The van der Waals surface area contributed by atoms with Crippen molar-refractivity contribution in [1.82, 2.24) is 4.90 Å². The zero-order chi connectivity index (χ0) is 15.6. The normalized spacial score (nSPS) is 24.6. The summed E-state index contributed by atoms with van der Waals surface area (Å²) in [5.41, 5.74) is 1.50. The van der Waals surface area contributed by atoms with E-state index in [0.29, 0.717) is 6.04 Å². The molecule has 0 N–H and O–H groups in total. The Labute approximate surface area is 148 Å². The molecule has 120 valence electrons. The predicted octanol–water partition coefficient (Wildman–Crippen LogP) is 6.18. The van der Waals surface area contributed by atoms with E-state index >= 15 is 0 Å². The lowest BCUT2D eigenvalue weighted by molar-refractivity contribution is 0.150. The second kappa shape index (κ2) is 6.88. The first-order valence-corrected chi connectivity index (χ1v) is 9.78. The third kappa shape index (κ3) is 3.45. The Balaban J connectivity index is 1.46. The van der Waals surface area contributed by atoms with E-state index in [-0.39, 0.29) is 0 Å². The molecule has 0 aliphatic carbocycles. The van der Waals surface area contributed by atoms with Gasteiger partial charge in [0.15, 0.2) is 0 Å². The molecule has 4 rings (SSSR count). The van der Waals surface area contributed by atoms with Gasteiger partial charge < -0.3 is 0 Å². The lowest BCUT2D eigenvalue weighted by Gasteiger charge is -2.34. The summed E-state index contributed by atoms with van der Waals surface area (Å²) < 4.78 is 0. The summed E-state index contributed by atoms with van der Waals surface area (Å²) in [6.07, 6.45) is 6.91. The van der Waals surface area contributed by atoms with Gasteiger partial charge in [-0.3, -0.25) is 4.90 Å². The molecule has 2 unspecified atom stereocenters. The van der Waals surface area contributed by atoms with Crippen LogP contribution < -0.4 is 0 Å². The van der Waals surface area contributed by atoms with Crippen molar-refractivity contribution >= 4 is 23.4 Å². The van der Waals surface area contributed by atoms with Gasteiger partial charge in [-0.25, -0.2) is 0 Å². The summed E-state index contributed by atoms with van der Waals surface area (Å²) in [6.45, 7) is 1.29. The van der Waals surface area contributed by atoms with E-state index in [0.717, 1.165) is 11.1 Å². The number of hydrogen-bond donors (Lipinski definition) is 0. The summed E-state index contributed by atoms with van der Waals surface area (Å²) in [4.78, 5) is 5.29. The summed E-state index contributed by atoms with van der Waals surface area (Å²) in [5.74, 6) is 0. The molecule has 1 nitrogen and oxygen atoms in total. The molecule has 2 aliphatic heterocycles. The molecule has 0 aromatic heterocycles. The number of rotatable bonds is 3. The van der Waals surface area contributed by atoms with Gasteiger partial charge in [-0.05, 0) is 74.2 Å². The van der Waals surface area contributed by atoms with E-state index in [1.165, 1.54) is 54.0 Å². The highest BCUT2D eigenvalue weighted by Crippen LogP contribution is 2.40. The Morgan fingerprint density at radius 2 is 1.52 bits per heavy atom. The van der Waals surface area contributed by atoms with Crippen LogP contribution in [0.3, 0.4) is 0 Å². The first-order valence-electron chi connectivity index (χ1n) is 8.59. The zero-order valence-corrected chi connectivity index (χ0v) is 14.8. The number of piperidine rings is 1. The van der Waals surface area contributed by atoms with Crippen molar-refractivity contribution in [2.75, 3.05) is 6.54 Å². The molecule has 2 atom stereocenters. The summed E-state index contributed by atoms with van der Waals surface area (Å²) in [6, 6.07) is 18.8.